The second-order valence-corrected chi connectivity index (χ2v) is 5.08. The average Bonchev–Trinajstić information content (AvgIpc) is 3.07. The lowest BCUT2D eigenvalue weighted by Gasteiger charge is -2.21. The second-order valence-electron chi connectivity index (χ2n) is 5.08. The molecule has 0 amide bonds. The third-order valence-corrected chi connectivity index (χ3v) is 3.48. The Morgan fingerprint density at radius 2 is 2.23 bits per heavy atom. The number of H-pyrrole nitrogens is 1. The predicted octanol–water partition coefficient (Wildman–Crippen LogP) is 2.49. The zero-order valence-corrected chi connectivity index (χ0v) is 15.8. The van der Waals surface area contributed by atoms with Crippen molar-refractivity contribution in [2.24, 2.45) is 4.99 Å². The Bertz CT molecular complexity index is 572. The van der Waals surface area contributed by atoms with Gasteiger partial charge in [0.1, 0.15) is 5.76 Å². The molecule has 2 rings (SSSR count). The number of halogens is 1. The number of aromatic amines is 1. The maximum Gasteiger partial charge on any atom is 0.193 e. The zero-order valence-electron chi connectivity index (χ0n) is 13.5. The van der Waals surface area contributed by atoms with Crippen LogP contribution in [-0.2, 0) is 13.0 Å². The smallest absolute Gasteiger partial charge is 0.193 e. The van der Waals surface area contributed by atoms with Crippen LogP contribution in [0.15, 0.2) is 27.8 Å². The third-order valence-electron chi connectivity index (χ3n) is 3.48. The first kappa shape index (κ1) is 18.5. The first-order chi connectivity index (χ1) is 10.1. The van der Waals surface area contributed by atoms with Crippen molar-refractivity contribution in [1.29, 1.82) is 0 Å². The Morgan fingerprint density at radius 1 is 1.45 bits per heavy atom. The van der Waals surface area contributed by atoms with Crippen molar-refractivity contribution in [2.45, 2.75) is 26.8 Å². The fraction of sp³-hybridized carbons (Fsp3) is 0.467. The molecule has 7 heteroatoms. The Balaban J connectivity index is 0.00000242. The van der Waals surface area contributed by atoms with E-state index in [0.29, 0.717) is 0 Å². The maximum atomic E-state index is 5.17. The van der Waals surface area contributed by atoms with E-state index in [1.807, 2.05) is 33.2 Å². The lowest BCUT2D eigenvalue weighted by Crippen LogP contribution is -2.39. The normalized spacial score (nSPS) is 11.2. The molecule has 0 radical (unpaired) electrons. The van der Waals surface area contributed by atoms with Crippen LogP contribution in [-0.4, -0.2) is 41.6 Å². The number of nitrogens with one attached hydrogen (secondary N) is 2. The summed E-state index contributed by atoms with van der Waals surface area (Å²) < 4.78 is 5.17. The Labute approximate surface area is 148 Å². The highest BCUT2D eigenvalue weighted by molar-refractivity contribution is 14.0. The van der Waals surface area contributed by atoms with Crippen molar-refractivity contribution in [3.05, 3.63) is 41.0 Å². The minimum atomic E-state index is 0. The molecule has 0 saturated heterocycles. The molecule has 0 unspecified atom stereocenters. The number of hydrogen-bond acceptors (Lipinski definition) is 3. The molecule has 22 heavy (non-hydrogen) atoms. The molecule has 2 heterocycles. The van der Waals surface area contributed by atoms with Gasteiger partial charge in [0.05, 0.1) is 12.2 Å². The van der Waals surface area contributed by atoms with Gasteiger partial charge in [-0.05, 0) is 32.4 Å². The minimum Gasteiger partial charge on any atom is -0.364 e. The maximum absolute atomic E-state index is 5.17. The molecule has 0 aliphatic rings. The molecule has 0 aromatic carbocycles. The molecule has 2 aromatic heterocycles. The molecular weight excluding hydrogens is 393 g/mol. The van der Waals surface area contributed by atoms with Gasteiger partial charge in [0, 0.05) is 38.1 Å². The Kier molecular flexibility index (Phi) is 7.43. The largest absolute Gasteiger partial charge is 0.364 e. The van der Waals surface area contributed by atoms with Crippen LogP contribution in [0.1, 0.15) is 22.7 Å². The zero-order chi connectivity index (χ0) is 15.2. The highest BCUT2D eigenvalue weighted by Crippen LogP contribution is 2.12. The van der Waals surface area contributed by atoms with Crippen LogP contribution in [0.4, 0.5) is 0 Å². The molecule has 0 bridgehead atoms. The Hall–Kier alpha value is -1.51. The van der Waals surface area contributed by atoms with E-state index in [9.17, 15) is 0 Å². The monoisotopic (exact) mass is 417 g/mol. The average molecular weight is 417 g/mol. The summed E-state index contributed by atoms with van der Waals surface area (Å²) in [7, 11) is 3.82. The van der Waals surface area contributed by atoms with Crippen LogP contribution in [0.2, 0.25) is 0 Å². The van der Waals surface area contributed by atoms with Gasteiger partial charge >= 0.3 is 0 Å². The van der Waals surface area contributed by atoms with E-state index in [-0.39, 0.29) is 24.0 Å². The molecule has 0 fully saturated rings. The summed E-state index contributed by atoms with van der Waals surface area (Å²) in [6.45, 7) is 5.50. The third kappa shape index (κ3) is 4.75. The SMILES string of the molecule is CN=C(NCCc1c(C)noc1C)N(C)Cc1ccc[nH]1.I. The summed E-state index contributed by atoms with van der Waals surface area (Å²) in [4.78, 5) is 9.59. The van der Waals surface area contributed by atoms with Gasteiger partial charge in [0.25, 0.3) is 0 Å². The number of aromatic nitrogens is 2. The molecule has 0 saturated carbocycles. The fourth-order valence-electron chi connectivity index (χ4n) is 2.34. The molecule has 2 N–H and O–H groups in total. The van der Waals surface area contributed by atoms with Gasteiger partial charge in [-0.25, -0.2) is 0 Å². The molecule has 2 aromatic rings. The summed E-state index contributed by atoms with van der Waals surface area (Å²) in [6.07, 6.45) is 2.80. The van der Waals surface area contributed by atoms with Crippen LogP contribution in [0.25, 0.3) is 0 Å². The van der Waals surface area contributed by atoms with Crippen LogP contribution in [0, 0.1) is 13.8 Å². The standard InChI is InChI=1S/C15H23N5O.HI/c1-11-14(12(2)21-19-11)7-9-18-15(16-3)20(4)10-13-6-5-8-17-13;/h5-6,8,17H,7,9-10H2,1-4H3,(H,16,18);1H. The number of aliphatic imine (C=N–C) groups is 1. The van der Waals surface area contributed by atoms with Gasteiger partial charge in [0.15, 0.2) is 5.96 Å². The van der Waals surface area contributed by atoms with Crippen molar-refractivity contribution >= 4 is 29.9 Å². The van der Waals surface area contributed by atoms with E-state index in [4.69, 9.17) is 4.52 Å². The van der Waals surface area contributed by atoms with Crippen molar-refractivity contribution in [3.8, 4) is 0 Å². The topological polar surface area (TPSA) is 69.5 Å². The van der Waals surface area contributed by atoms with Crippen molar-refractivity contribution in [1.82, 2.24) is 20.4 Å². The number of nitrogens with zero attached hydrogens (tertiary/aromatic N) is 3. The van der Waals surface area contributed by atoms with Crippen molar-refractivity contribution in [3.63, 3.8) is 0 Å². The quantitative estimate of drug-likeness (QED) is 0.446. The van der Waals surface area contributed by atoms with Gasteiger partial charge in [-0.3, -0.25) is 4.99 Å². The second kappa shape index (κ2) is 8.82. The number of rotatable bonds is 5. The molecule has 0 aliphatic carbocycles. The highest BCUT2D eigenvalue weighted by Gasteiger charge is 2.10. The van der Waals surface area contributed by atoms with Gasteiger partial charge in [-0.15, -0.1) is 24.0 Å². The van der Waals surface area contributed by atoms with E-state index in [1.165, 1.54) is 5.56 Å². The summed E-state index contributed by atoms with van der Waals surface area (Å²) in [5.41, 5.74) is 3.29. The molecule has 0 atom stereocenters. The van der Waals surface area contributed by atoms with Crippen molar-refractivity contribution < 1.29 is 4.52 Å². The number of aryl methyl sites for hydroxylation is 2. The fourth-order valence-corrected chi connectivity index (χ4v) is 2.34. The lowest BCUT2D eigenvalue weighted by atomic mass is 10.1. The van der Waals surface area contributed by atoms with E-state index in [2.05, 4.69) is 31.4 Å². The molecule has 0 spiro atoms. The van der Waals surface area contributed by atoms with E-state index in [1.54, 1.807) is 7.05 Å². The van der Waals surface area contributed by atoms with E-state index >= 15 is 0 Å². The minimum absolute atomic E-state index is 0. The van der Waals surface area contributed by atoms with Gasteiger partial charge < -0.3 is 19.7 Å². The summed E-state index contributed by atoms with van der Waals surface area (Å²) in [6, 6.07) is 4.06. The summed E-state index contributed by atoms with van der Waals surface area (Å²) >= 11 is 0. The van der Waals surface area contributed by atoms with Gasteiger partial charge in [-0.1, -0.05) is 5.16 Å². The molecule has 122 valence electrons. The van der Waals surface area contributed by atoms with E-state index in [0.717, 1.165) is 42.6 Å². The number of hydrogen-bond donors (Lipinski definition) is 2. The van der Waals surface area contributed by atoms with Gasteiger partial charge in [0.2, 0.25) is 0 Å². The van der Waals surface area contributed by atoms with E-state index < -0.39 is 0 Å². The first-order valence-corrected chi connectivity index (χ1v) is 7.07. The highest BCUT2D eigenvalue weighted by atomic mass is 127. The van der Waals surface area contributed by atoms with Gasteiger partial charge in [-0.2, -0.15) is 0 Å². The first-order valence-electron chi connectivity index (χ1n) is 7.07. The summed E-state index contributed by atoms with van der Waals surface area (Å²) in [5, 5.41) is 7.34. The predicted molar refractivity (Wildman–Crippen MR) is 98.7 cm³/mol. The Morgan fingerprint density at radius 3 is 2.77 bits per heavy atom. The van der Waals surface area contributed by atoms with Crippen molar-refractivity contribution in [2.75, 3.05) is 20.6 Å². The molecule has 0 aliphatic heterocycles. The molecule has 6 nitrogen and oxygen atoms in total. The summed E-state index contributed by atoms with van der Waals surface area (Å²) in [5.74, 6) is 1.76. The van der Waals surface area contributed by atoms with Crippen LogP contribution >= 0.6 is 24.0 Å². The lowest BCUT2D eigenvalue weighted by molar-refractivity contribution is 0.392. The van der Waals surface area contributed by atoms with Crippen LogP contribution in [0.3, 0.4) is 0 Å². The van der Waals surface area contributed by atoms with Crippen LogP contribution in [0.5, 0.6) is 0 Å². The number of guanidine groups is 1. The van der Waals surface area contributed by atoms with Crippen LogP contribution < -0.4 is 5.32 Å². The molecular formula is C15H24IN5O.